The van der Waals surface area contributed by atoms with Crippen LogP contribution in [0.1, 0.15) is 18.6 Å². The number of aliphatic carboxylic acids is 1. The maximum Gasteiger partial charge on any atom is 0.325 e. The molecule has 0 saturated heterocycles. The average Bonchev–Trinajstić information content (AvgIpc) is 3.23. The topological polar surface area (TPSA) is 103 Å². The normalized spacial score (nSPS) is 11.8. The monoisotopic (exact) mass is 450 g/mol. The van der Waals surface area contributed by atoms with Crippen LogP contribution in [0.5, 0.6) is 5.75 Å². The van der Waals surface area contributed by atoms with Crippen LogP contribution < -0.4 is 10.5 Å². The molecule has 4 aromatic rings. The van der Waals surface area contributed by atoms with Crippen LogP contribution in [0.2, 0.25) is 0 Å². The molecule has 1 atom stereocenters. The summed E-state index contributed by atoms with van der Waals surface area (Å²) in [5.74, 6) is -1.39. The van der Waals surface area contributed by atoms with Crippen molar-refractivity contribution in [3.8, 4) is 28.0 Å². The van der Waals surface area contributed by atoms with Crippen molar-refractivity contribution in [2.45, 2.75) is 19.6 Å². The first-order valence-electron chi connectivity index (χ1n) is 10.0. The lowest BCUT2D eigenvalue weighted by molar-refractivity contribution is -0.137. The van der Waals surface area contributed by atoms with E-state index in [2.05, 4.69) is 10.1 Å². The minimum atomic E-state index is -1.01. The number of anilines is 1. The molecule has 0 aliphatic heterocycles. The zero-order valence-corrected chi connectivity index (χ0v) is 17.6. The van der Waals surface area contributed by atoms with Crippen molar-refractivity contribution < 1.29 is 23.4 Å². The van der Waals surface area contributed by atoms with Gasteiger partial charge in [-0.1, -0.05) is 18.2 Å². The predicted molar refractivity (Wildman–Crippen MR) is 118 cm³/mol. The number of carbonyl (C=O) groups is 1. The van der Waals surface area contributed by atoms with Crippen molar-refractivity contribution in [3.63, 3.8) is 0 Å². The molecule has 0 amide bonds. The number of hydrogen-bond donors (Lipinski definition) is 2. The first kappa shape index (κ1) is 21.9. The molecule has 9 heteroatoms. The van der Waals surface area contributed by atoms with Crippen molar-refractivity contribution in [2.75, 3.05) is 5.73 Å². The molecule has 33 heavy (non-hydrogen) atoms. The molecule has 0 fully saturated rings. The molecule has 0 radical (unpaired) electrons. The van der Waals surface area contributed by atoms with E-state index in [0.717, 1.165) is 0 Å². The molecule has 0 unspecified atom stereocenters. The van der Waals surface area contributed by atoms with E-state index >= 15 is 0 Å². The highest BCUT2D eigenvalue weighted by Crippen LogP contribution is 2.34. The fourth-order valence-electron chi connectivity index (χ4n) is 3.46. The molecule has 7 nitrogen and oxygen atoms in total. The number of pyridine rings is 1. The molecule has 168 valence electrons. The van der Waals surface area contributed by atoms with Crippen LogP contribution in [-0.2, 0) is 11.3 Å². The van der Waals surface area contributed by atoms with Gasteiger partial charge in [0, 0.05) is 29.1 Å². The molecule has 0 aliphatic carbocycles. The highest BCUT2D eigenvalue weighted by atomic mass is 19.1. The number of nitrogens with zero attached hydrogens (tertiary/aromatic N) is 3. The summed E-state index contributed by atoms with van der Waals surface area (Å²) in [6.45, 7) is 1.48. The lowest BCUT2D eigenvalue weighted by Gasteiger charge is -2.20. The van der Waals surface area contributed by atoms with Crippen molar-refractivity contribution in [3.05, 3.63) is 84.3 Å². The number of carboxylic acid groups (broad SMARTS) is 1. The number of hydrogen-bond acceptors (Lipinski definition) is 5. The van der Waals surface area contributed by atoms with Crippen LogP contribution in [0.15, 0.2) is 67.1 Å². The van der Waals surface area contributed by atoms with Crippen LogP contribution in [-0.4, -0.2) is 25.8 Å². The van der Waals surface area contributed by atoms with E-state index in [1.807, 2.05) is 0 Å². The van der Waals surface area contributed by atoms with Gasteiger partial charge in [-0.15, -0.1) is 0 Å². The average molecular weight is 450 g/mol. The maximum absolute atomic E-state index is 14.1. The fraction of sp³-hybridized carbons (Fsp3) is 0.125. The van der Waals surface area contributed by atoms with Gasteiger partial charge in [0.25, 0.3) is 0 Å². The standard InChI is InChI=1S/C24H20F2N4O3/c1-14(21-9-19(26)6-7-20(21)15-2-4-18(25)5-3-15)33-22-8-16(10-28-24(22)27)17-11-29-30(12-17)13-23(31)32/h2-12,14H,13H2,1H3,(H2,27,28)(H,31,32)/t14-/m1/s1. The van der Waals surface area contributed by atoms with Gasteiger partial charge in [0.1, 0.15) is 24.3 Å². The van der Waals surface area contributed by atoms with E-state index < -0.39 is 17.9 Å². The Morgan fingerprint density at radius 1 is 1.06 bits per heavy atom. The van der Waals surface area contributed by atoms with Gasteiger partial charge in [-0.3, -0.25) is 9.48 Å². The maximum atomic E-state index is 14.1. The second-order valence-corrected chi connectivity index (χ2v) is 7.43. The number of halogens is 2. The summed E-state index contributed by atoms with van der Waals surface area (Å²) in [6.07, 6.45) is 4.01. The molecule has 0 saturated carbocycles. The van der Waals surface area contributed by atoms with Gasteiger partial charge in [0.15, 0.2) is 11.6 Å². The van der Waals surface area contributed by atoms with Gasteiger partial charge in [0.05, 0.1) is 6.20 Å². The molecule has 0 aliphatic rings. The van der Waals surface area contributed by atoms with Crippen LogP contribution >= 0.6 is 0 Å². The molecule has 4 rings (SSSR count). The number of nitrogens with two attached hydrogens (primary N) is 1. The predicted octanol–water partition coefficient (Wildman–Crippen LogP) is 4.70. The van der Waals surface area contributed by atoms with Gasteiger partial charge in [-0.05, 0) is 48.4 Å². The fourth-order valence-corrected chi connectivity index (χ4v) is 3.46. The third kappa shape index (κ3) is 4.98. The van der Waals surface area contributed by atoms with E-state index in [0.29, 0.717) is 27.8 Å². The summed E-state index contributed by atoms with van der Waals surface area (Å²) in [6, 6.07) is 11.9. The van der Waals surface area contributed by atoms with E-state index in [-0.39, 0.29) is 23.9 Å². The smallest absolute Gasteiger partial charge is 0.325 e. The second kappa shape index (κ2) is 9.07. The van der Waals surface area contributed by atoms with Gasteiger partial charge >= 0.3 is 5.97 Å². The van der Waals surface area contributed by atoms with E-state index in [1.54, 1.807) is 37.4 Å². The third-order valence-corrected chi connectivity index (χ3v) is 5.06. The van der Waals surface area contributed by atoms with Crippen molar-refractivity contribution in [1.82, 2.24) is 14.8 Å². The van der Waals surface area contributed by atoms with E-state index in [1.165, 1.54) is 41.3 Å². The molecular weight excluding hydrogens is 430 g/mol. The molecule has 0 bridgehead atoms. The molecule has 2 heterocycles. The lowest BCUT2D eigenvalue weighted by Crippen LogP contribution is -2.08. The zero-order valence-electron chi connectivity index (χ0n) is 17.6. The summed E-state index contributed by atoms with van der Waals surface area (Å²) in [4.78, 5) is 15.0. The van der Waals surface area contributed by atoms with E-state index in [9.17, 15) is 13.6 Å². The van der Waals surface area contributed by atoms with Gasteiger partial charge in [0.2, 0.25) is 0 Å². The first-order valence-corrected chi connectivity index (χ1v) is 10.0. The van der Waals surface area contributed by atoms with Gasteiger partial charge in [-0.25, -0.2) is 13.8 Å². The largest absolute Gasteiger partial charge is 0.482 e. The van der Waals surface area contributed by atoms with Crippen LogP contribution in [0.4, 0.5) is 14.6 Å². The Labute approximate surface area is 188 Å². The highest BCUT2D eigenvalue weighted by molar-refractivity contribution is 5.69. The molecular formula is C24H20F2N4O3. The Kier molecular flexibility index (Phi) is 6.03. The van der Waals surface area contributed by atoms with Crippen LogP contribution in [0.25, 0.3) is 22.3 Å². The quantitative estimate of drug-likeness (QED) is 0.423. The van der Waals surface area contributed by atoms with Crippen molar-refractivity contribution in [1.29, 1.82) is 0 Å². The Morgan fingerprint density at radius 2 is 1.79 bits per heavy atom. The minimum absolute atomic E-state index is 0.142. The Morgan fingerprint density at radius 3 is 2.52 bits per heavy atom. The zero-order chi connectivity index (χ0) is 23.5. The molecule has 2 aromatic carbocycles. The number of benzene rings is 2. The van der Waals surface area contributed by atoms with Crippen molar-refractivity contribution >= 4 is 11.8 Å². The molecule has 3 N–H and O–H groups in total. The van der Waals surface area contributed by atoms with Crippen LogP contribution in [0.3, 0.4) is 0 Å². The van der Waals surface area contributed by atoms with Gasteiger partial charge in [-0.2, -0.15) is 5.10 Å². The van der Waals surface area contributed by atoms with E-state index in [4.69, 9.17) is 15.6 Å². The Bertz CT molecular complexity index is 1310. The first-order chi connectivity index (χ1) is 15.8. The minimum Gasteiger partial charge on any atom is -0.482 e. The van der Waals surface area contributed by atoms with Crippen LogP contribution in [0, 0.1) is 11.6 Å². The summed E-state index contributed by atoms with van der Waals surface area (Å²) in [7, 11) is 0. The number of carboxylic acids is 1. The summed E-state index contributed by atoms with van der Waals surface area (Å²) >= 11 is 0. The molecule has 2 aromatic heterocycles. The SMILES string of the molecule is C[C@@H](Oc1cc(-c2cnn(CC(=O)O)c2)cnc1N)c1cc(F)ccc1-c1ccc(F)cc1. The Hall–Kier alpha value is -4.27. The summed E-state index contributed by atoms with van der Waals surface area (Å²) < 4.78 is 34.8. The van der Waals surface area contributed by atoms with Crippen molar-refractivity contribution in [2.24, 2.45) is 0 Å². The lowest BCUT2D eigenvalue weighted by atomic mass is 9.96. The third-order valence-electron chi connectivity index (χ3n) is 5.06. The second-order valence-electron chi connectivity index (χ2n) is 7.43. The number of nitrogen functional groups attached to an aromatic ring is 1. The molecule has 0 spiro atoms. The highest BCUT2D eigenvalue weighted by Gasteiger charge is 2.17. The summed E-state index contributed by atoms with van der Waals surface area (Å²) in [5, 5.41) is 12.9. The number of ether oxygens (including phenoxy) is 1. The van der Waals surface area contributed by atoms with Gasteiger partial charge < -0.3 is 15.6 Å². The Balaban J connectivity index is 1.64. The number of aromatic nitrogens is 3. The number of rotatable bonds is 7. The summed E-state index contributed by atoms with van der Waals surface area (Å²) in [5.41, 5.74) is 9.24.